The maximum Gasteiger partial charge on any atom is 0.200 e. The standard InChI is InChI=1S/C11H17NO6/c13-4-11(5-14,6-15)12-3-7-1-2-8(16)10(18)9(7)17/h1-2,12-18H,3-6H2. The van der Waals surface area contributed by atoms with Crippen LogP contribution in [0.1, 0.15) is 5.56 Å². The number of phenolic OH excluding ortho intramolecular Hbond substituents is 3. The second-order valence-corrected chi connectivity index (χ2v) is 4.05. The first-order valence-electron chi connectivity index (χ1n) is 5.30. The highest BCUT2D eigenvalue weighted by molar-refractivity contribution is 5.53. The van der Waals surface area contributed by atoms with E-state index >= 15 is 0 Å². The highest BCUT2D eigenvalue weighted by atomic mass is 16.3. The van der Waals surface area contributed by atoms with E-state index in [0.717, 1.165) is 0 Å². The predicted octanol–water partition coefficient (Wildman–Crippen LogP) is -1.39. The Morgan fingerprint density at radius 2 is 1.44 bits per heavy atom. The van der Waals surface area contributed by atoms with Gasteiger partial charge in [0.25, 0.3) is 0 Å². The Bertz CT molecular complexity index is 397. The number of hydrogen-bond donors (Lipinski definition) is 7. The highest BCUT2D eigenvalue weighted by Crippen LogP contribution is 2.36. The molecular formula is C11H17NO6. The molecule has 0 radical (unpaired) electrons. The molecule has 1 aromatic rings. The maximum absolute atomic E-state index is 9.56. The van der Waals surface area contributed by atoms with E-state index in [-0.39, 0.29) is 12.1 Å². The minimum atomic E-state index is -1.28. The Morgan fingerprint density at radius 1 is 0.889 bits per heavy atom. The third kappa shape index (κ3) is 2.82. The van der Waals surface area contributed by atoms with Crippen molar-refractivity contribution in [3.8, 4) is 17.2 Å². The Hall–Kier alpha value is -1.54. The molecule has 0 saturated heterocycles. The van der Waals surface area contributed by atoms with E-state index in [1.807, 2.05) is 0 Å². The second kappa shape index (κ2) is 5.87. The van der Waals surface area contributed by atoms with Gasteiger partial charge in [0.15, 0.2) is 11.5 Å². The molecule has 0 aromatic heterocycles. The fraction of sp³-hybridized carbons (Fsp3) is 0.455. The summed E-state index contributed by atoms with van der Waals surface area (Å²) in [4.78, 5) is 0. The van der Waals surface area contributed by atoms with Crippen LogP contribution >= 0.6 is 0 Å². The fourth-order valence-corrected chi connectivity index (χ4v) is 1.35. The van der Waals surface area contributed by atoms with Gasteiger partial charge in [-0.2, -0.15) is 0 Å². The van der Waals surface area contributed by atoms with Crippen LogP contribution < -0.4 is 5.32 Å². The zero-order chi connectivity index (χ0) is 13.8. The molecule has 0 amide bonds. The van der Waals surface area contributed by atoms with Gasteiger partial charge in [-0.05, 0) is 6.07 Å². The number of nitrogens with one attached hydrogen (secondary N) is 1. The van der Waals surface area contributed by atoms with Crippen molar-refractivity contribution in [2.75, 3.05) is 19.8 Å². The molecule has 7 heteroatoms. The highest BCUT2D eigenvalue weighted by Gasteiger charge is 2.27. The molecular weight excluding hydrogens is 242 g/mol. The first-order chi connectivity index (χ1) is 8.49. The van der Waals surface area contributed by atoms with Crippen LogP contribution in [0, 0.1) is 0 Å². The monoisotopic (exact) mass is 259 g/mol. The summed E-state index contributed by atoms with van der Waals surface area (Å²) in [6.45, 7) is -1.50. The summed E-state index contributed by atoms with van der Waals surface area (Å²) in [6, 6.07) is 2.57. The number of aliphatic hydroxyl groups excluding tert-OH is 3. The second-order valence-electron chi connectivity index (χ2n) is 4.05. The van der Waals surface area contributed by atoms with E-state index in [0.29, 0.717) is 0 Å². The molecule has 1 rings (SSSR count). The lowest BCUT2D eigenvalue weighted by atomic mass is 10.0. The summed E-state index contributed by atoms with van der Waals surface area (Å²) >= 11 is 0. The van der Waals surface area contributed by atoms with Gasteiger partial charge in [-0.3, -0.25) is 0 Å². The lowest BCUT2D eigenvalue weighted by Crippen LogP contribution is -2.54. The molecule has 0 atom stereocenters. The van der Waals surface area contributed by atoms with E-state index in [4.69, 9.17) is 20.4 Å². The number of aliphatic hydroxyl groups is 3. The number of phenols is 3. The predicted molar refractivity (Wildman–Crippen MR) is 62.3 cm³/mol. The van der Waals surface area contributed by atoms with E-state index < -0.39 is 42.6 Å². The maximum atomic E-state index is 9.56. The lowest BCUT2D eigenvalue weighted by Gasteiger charge is -2.29. The van der Waals surface area contributed by atoms with Crippen LogP contribution in [-0.2, 0) is 6.54 Å². The average Bonchev–Trinajstić information content (AvgIpc) is 2.40. The number of aromatic hydroxyl groups is 3. The van der Waals surface area contributed by atoms with Crippen LogP contribution in [0.3, 0.4) is 0 Å². The summed E-state index contributed by atoms with van der Waals surface area (Å²) in [5, 5.41) is 58.0. The molecule has 0 fully saturated rings. The van der Waals surface area contributed by atoms with Crippen LogP contribution in [0.5, 0.6) is 17.2 Å². The molecule has 7 nitrogen and oxygen atoms in total. The summed E-state index contributed by atoms with van der Waals surface area (Å²) in [5.74, 6) is -1.59. The number of hydrogen-bond acceptors (Lipinski definition) is 7. The van der Waals surface area contributed by atoms with E-state index in [1.54, 1.807) is 0 Å². The van der Waals surface area contributed by atoms with Gasteiger partial charge in [0.2, 0.25) is 5.75 Å². The first kappa shape index (κ1) is 14.5. The van der Waals surface area contributed by atoms with Crippen molar-refractivity contribution in [2.45, 2.75) is 12.1 Å². The molecule has 0 unspecified atom stereocenters. The van der Waals surface area contributed by atoms with E-state index in [9.17, 15) is 10.2 Å². The smallest absolute Gasteiger partial charge is 0.200 e. The molecule has 0 aliphatic heterocycles. The quantitative estimate of drug-likeness (QED) is 0.313. The van der Waals surface area contributed by atoms with Gasteiger partial charge < -0.3 is 36.0 Å². The minimum absolute atomic E-state index is 0.0125. The van der Waals surface area contributed by atoms with Gasteiger partial charge in [0, 0.05) is 12.1 Å². The zero-order valence-corrected chi connectivity index (χ0v) is 9.67. The van der Waals surface area contributed by atoms with Crippen molar-refractivity contribution in [1.82, 2.24) is 5.32 Å². The Labute approximate surface area is 104 Å². The normalized spacial score (nSPS) is 11.7. The molecule has 0 aliphatic carbocycles. The van der Waals surface area contributed by atoms with Crippen molar-refractivity contribution in [2.24, 2.45) is 0 Å². The SMILES string of the molecule is OCC(CO)(CO)NCc1ccc(O)c(O)c1O. The Kier molecular flexibility index (Phi) is 4.74. The largest absolute Gasteiger partial charge is 0.504 e. The van der Waals surface area contributed by atoms with Crippen LogP contribution in [-0.4, -0.2) is 56.0 Å². The van der Waals surface area contributed by atoms with Gasteiger partial charge in [-0.1, -0.05) is 6.07 Å². The Morgan fingerprint density at radius 3 is 1.94 bits per heavy atom. The van der Waals surface area contributed by atoms with Crippen molar-refractivity contribution in [3.63, 3.8) is 0 Å². The van der Waals surface area contributed by atoms with Gasteiger partial charge in [-0.25, -0.2) is 0 Å². The lowest BCUT2D eigenvalue weighted by molar-refractivity contribution is 0.0412. The Balaban J connectivity index is 2.83. The molecule has 0 spiro atoms. The molecule has 18 heavy (non-hydrogen) atoms. The molecule has 0 heterocycles. The molecule has 0 aliphatic rings. The van der Waals surface area contributed by atoms with Crippen LogP contribution in [0.25, 0.3) is 0 Å². The fourth-order valence-electron chi connectivity index (χ4n) is 1.35. The first-order valence-corrected chi connectivity index (χ1v) is 5.30. The molecule has 0 bridgehead atoms. The average molecular weight is 259 g/mol. The number of rotatable bonds is 6. The topological polar surface area (TPSA) is 133 Å². The third-order valence-electron chi connectivity index (χ3n) is 2.78. The summed E-state index contributed by atoms with van der Waals surface area (Å²) in [7, 11) is 0. The van der Waals surface area contributed by atoms with Crippen molar-refractivity contribution >= 4 is 0 Å². The van der Waals surface area contributed by atoms with Crippen molar-refractivity contribution in [1.29, 1.82) is 0 Å². The van der Waals surface area contributed by atoms with Gasteiger partial charge in [-0.15, -0.1) is 0 Å². The number of benzene rings is 1. The van der Waals surface area contributed by atoms with Gasteiger partial charge in [0.1, 0.15) is 0 Å². The minimum Gasteiger partial charge on any atom is -0.504 e. The third-order valence-corrected chi connectivity index (χ3v) is 2.78. The van der Waals surface area contributed by atoms with Gasteiger partial charge >= 0.3 is 0 Å². The van der Waals surface area contributed by atoms with E-state index in [1.165, 1.54) is 12.1 Å². The summed E-state index contributed by atoms with van der Waals surface area (Å²) in [6.07, 6.45) is 0. The van der Waals surface area contributed by atoms with Crippen LogP contribution in [0.2, 0.25) is 0 Å². The van der Waals surface area contributed by atoms with Crippen LogP contribution in [0.15, 0.2) is 12.1 Å². The van der Waals surface area contributed by atoms with Crippen molar-refractivity contribution in [3.05, 3.63) is 17.7 Å². The molecule has 0 saturated carbocycles. The van der Waals surface area contributed by atoms with E-state index in [2.05, 4.69) is 5.32 Å². The summed E-state index contributed by atoms with van der Waals surface area (Å²) in [5.41, 5.74) is -1.02. The van der Waals surface area contributed by atoms with Crippen molar-refractivity contribution < 1.29 is 30.6 Å². The van der Waals surface area contributed by atoms with Crippen LogP contribution in [0.4, 0.5) is 0 Å². The molecule has 1 aromatic carbocycles. The molecule has 102 valence electrons. The summed E-state index contributed by atoms with van der Waals surface area (Å²) < 4.78 is 0. The molecule has 7 N–H and O–H groups in total. The zero-order valence-electron chi connectivity index (χ0n) is 9.67. The van der Waals surface area contributed by atoms with Gasteiger partial charge in [0.05, 0.1) is 25.4 Å².